The van der Waals surface area contributed by atoms with Crippen molar-refractivity contribution in [2.45, 2.75) is 11.4 Å². The van der Waals surface area contributed by atoms with Crippen LogP contribution in [-0.2, 0) is 21.4 Å². The molecule has 1 amide bonds. The molecular formula is C19H18N4O4S. The molecule has 0 aliphatic rings. The number of hydrazone groups is 1. The molecule has 2 heterocycles. The minimum absolute atomic E-state index is 0.0794. The zero-order chi connectivity index (χ0) is 19.8. The third-order valence-electron chi connectivity index (χ3n) is 3.70. The molecule has 0 bridgehead atoms. The van der Waals surface area contributed by atoms with Gasteiger partial charge in [-0.25, -0.2) is 13.8 Å². The second-order valence-corrected chi connectivity index (χ2v) is 7.68. The van der Waals surface area contributed by atoms with Crippen LogP contribution >= 0.6 is 0 Å². The van der Waals surface area contributed by atoms with Gasteiger partial charge in [0.2, 0.25) is 10.0 Å². The van der Waals surface area contributed by atoms with E-state index >= 15 is 0 Å². The van der Waals surface area contributed by atoms with E-state index in [4.69, 9.17) is 4.42 Å². The van der Waals surface area contributed by atoms with Crippen molar-refractivity contribution in [3.8, 4) is 0 Å². The highest BCUT2D eigenvalue weighted by molar-refractivity contribution is 7.89. The third-order valence-corrected chi connectivity index (χ3v) is 5.51. The van der Waals surface area contributed by atoms with E-state index in [1.165, 1.54) is 24.6 Å². The summed E-state index contributed by atoms with van der Waals surface area (Å²) in [6.07, 6.45) is 6.07. The Morgan fingerprint density at radius 3 is 2.64 bits per heavy atom. The molecule has 8 nitrogen and oxygen atoms in total. The van der Waals surface area contributed by atoms with Gasteiger partial charge in [0.15, 0.2) is 0 Å². The van der Waals surface area contributed by atoms with E-state index in [2.05, 4.69) is 15.5 Å². The average Bonchev–Trinajstić information content (AvgIpc) is 3.22. The first-order valence-electron chi connectivity index (χ1n) is 8.35. The minimum Gasteiger partial charge on any atom is -0.468 e. The Morgan fingerprint density at radius 1 is 1.14 bits per heavy atom. The number of nitrogens with zero attached hydrogens (tertiary/aromatic N) is 3. The van der Waals surface area contributed by atoms with Crippen LogP contribution in [0.5, 0.6) is 0 Å². The van der Waals surface area contributed by atoms with Crippen molar-refractivity contribution in [2.24, 2.45) is 5.10 Å². The fraction of sp³-hybridized carbons (Fsp3) is 0.105. The quantitative estimate of drug-likeness (QED) is 0.462. The van der Waals surface area contributed by atoms with Gasteiger partial charge >= 0.3 is 0 Å². The first kappa shape index (κ1) is 19.5. The Balaban J connectivity index is 1.73. The lowest BCUT2D eigenvalue weighted by Gasteiger charge is -2.20. The molecule has 0 fully saturated rings. The van der Waals surface area contributed by atoms with E-state index in [1.54, 1.807) is 54.9 Å². The minimum atomic E-state index is -3.90. The highest BCUT2D eigenvalue weighted by Gasteiger charge is 2.27. The summed E-state index contributed by atoms with van der Waals surface area (Å²) in [6, 6.07) is 14.7. The smallest absolute Gasteiger partial charge is 0.255 e. The number of hydrogen-bond acceptors (Lipinski definition) is 6. The van der Waals surface area contributed by atoms with Gasteiger partial charge in [-0.15, -0.1) is 0 Å². The fourth-order valence-electron chi connectivity index (χ4n) is 2.37. The molecule has 0 radical (unpaired) electrons. The molecule has 0 saturated carbocycles. The number of benzene rings is 1. The lowest BCUT2D eigenvalue weighted by atomic mass is 10.3. The highest BCUT2D eigenvalue weighted by atomic mass is 32.2. The normalized spacial score (nSPS) is 11.8. The van der Waals surface area contributed by atoms with E-state index < -0.39 is 22.5 Å². The summed E-state index contributed by atoms with van der Waals surface area (Å²) in [5.74, 6) is -0.155. The van der Waals surface area contributed by atoms with Gasteiger partial charge in [0.05, 0.1) is 30.5 Å². The molecular weight excluding hydrogens is 380 g/mol. The molecule has 28 heavy (non-hydrogen) atoms. The maximum absolute atomic E-state index is 12.9. The number of sulfonamides is 1. The molecule has 0 aliphatic heterocycles. The topological polar surface area (TPSA) is 105 Å². The molecule has 0 atom stereocenters. The Hall–Kier alpha value is -3.30. The SMILES string of the molecule is O=C(CN(Cc1ccco1)S(=O)(=O)c1ccccc1)NN=Cc1cccnc1. The maximum atomic E-state index is 12.9. The summed E-state index contributed by atoms with van der Waals surface area (Å²) in [5, 5.41) is 3.84. The van der Waals surface area contributed by atoms with Crippen LogP contribution in [0.1, 0.15) is 11.3 Å². The van der Waals surface area contributed by atoms with Crippen LogP contribution < -0.4 is 5.43 Å². The summed E-state index contributed by atoms with van der Waals surface area (Å²) < 4.78 is 32.2. The van der Waals surface area contributed by atoms with Crippen molar-refractivity contribution in [3.05, 3.63) is 84.6 Å². The lowest BCUT2D eigenvalue weighted by Crippen LogP contribution is -2.38. The van der Waals surface area contributed by atoms with Crippen LogP contribution in [0, 0.1) is 0 Å². The second-order valence-electron chi connectivity index (χ2n) is 5.75. The standard InChI is InChI=1S/C19H18N4O4S/c24-19(22-21-13-16-6-4-10-20-12-16)15-23(14-17-7-5-11-27-17)28(25,26)18-8-2-1-3-9-18/h1-13H,14-15H2,(H,22,24). The number of rotatable bonds is 8. The van der Waals surface area contributed by atoms with Crippen molar-refractivity contribution in [1.29, 1.82) is 0 Å². The van der Waals surface area contributed by atoms with E-state index in [-0.39, 0.29) is 11.4 Å². The van der Waals surface area contributed by atoms with Gasteiger partial charge in [0.1, 0.15) is 5.76 Å². The summed E-state index contributed by atoms with van der Waals surface area (Å²) in [4.78, 5) is 16.3. The molecule has 1 aromatic carbocycles. The number of carbonyl (C=O) groups excluding carboxylic acids is 1. The molecule has 9 heteroatoms. The molecule has 2 aromatic heterocycles. The third kappa shape index (κ3) is 5.12. The molecule has 1 N–H and O–H groups in total. The Bertz CT molecular complexity index is 1020. The van der Waals surface area contributed by atoms with Crippen LogP contribution in [0.3, 0.4) is 0 Å². The van der Waals surface area contributed by atoms with Gasteiger partial charge in [-0.1, -0.05) is 24.3 Å². The van der Waals surface area contributed by atoms with Gasteiger partial charge in [-0.3, -0.25) is 9.78 Å². The van der Waals surface area contributed by atoms with Crippen molar-refractivity contribution >= 4 is 22.1 Å². The number of aromatic nitrogens is 1. The van der Waals surface area contributed by atoms with E-state index in [0.29, 0.717) is 11.3 Å². The van der Waals surface area contributed by atoms with Crippen LogP contribution in [0.2, 0.25) is 0 Å². The number of furan rings is 1. The zero-order valence-corrected chi connectivity index (χ0v) is 15.6. The van der Waals surface area contributed by atoms with Crippen molar-refractivity contribution in [2.75, 3.05) is 6.54 Å². The summed E-state index contributed by atoms with van der Waals surface area (Å²) >= 11 is 0. The number of amides is 1. The molecule has 3 aromatic rings. The fourth-order valence-corrected chi connectivity index (χ4v) is 3.75. The van der Waals surface area contributed by atoms with Crippen LogP contribution in [0.25, 0.3) is 0 Å². The maximum Gasteiger partial charge on any atom is 0.255 e. The molecule has 0 spiro atoms. The predicted molar refractivity (Wildman–Crippen MR) is 103 cm³/mol. The van der Waals surface area contributed by atoms with Crippen molar-refractivity contribution in [3.63, 3.8) is 0 Å². The molecule has 144 valence electrons. The van der Waals surface area contributed by atoms with Crippen LogP contribution in [-0.4, -0.2) is 36.4 Å². The molecule has 0 aliphatic carbocycles. The summed E-state index contributed by atoms with van der Waals surface area (Å²) in [7, 11) is -3.90. The van der Waals surface area contributed by atoms with Gasteiger partial charge in [0, 0.05) is 18.0 Å². The number of pyridine rings is 1. The first-order chi connectivity index (χ1) is 13.6. The van der Waals surface area contributed by atoms with Gasteiger partial charge in [-0.2, -0.15) is 9.41 Å². The predicted octanol–water partition coefficient (Wildman–Crippen LogP) is 2.02. The average molecular weight is 398 g/mol. The summed E-state index contributed by atoms with van der Waals surface area (Å²) in [6.45, 7) is -0.494. The van der Waals surface area contributed by atoms with Gasteiger partial charge in [-0.05, 0) is 30.3 Å². The van der Waals surface area contributed by atoms with E-state index in [0.717, 1.165) is 4.31 Å². The molecule has 0 unspecified atom stereocenters. The Kier molecular flexibility index (Phi) is 6.30. The zero-order valence-electron chi connectivity index (χ0n) is 14.8. The van der Waals surface area contributed by atoms with E-state index in [1.807, 2.05) is 0 Å². The summed E-state index contributed by atoms with van der Waals surface area (Å²) in [5.41, 5.74) is 3.03. The van der Waals surface area contributed by atoms with Crippen molar-refractivity contribution in [1.82, 2.24) is 14.7 Å². The van der Waals surface area contributed by atoms with Crippen LogP contribution in [0.4, 0.5) is 0 Å². The van der Waals surface area contributed by atoms with E-state index in [9.17, 15) is 13.2 Å². The van der Waals surface area contributed by atoms with Crippen LogP contribution in [0.15, 0.2) is 87.7 Å². The van der Waals surface area contributed by atoms with Gasteiger partial charge in [0.25, 0.3) is 5.91 Å². The lowest BCUT2D eigenvalue weighted by molar-refractivity contribution is -0.121. The van der Waals surface area contributed by atoms with Gasteiger partial charge < -0.3 is 4.42 Å². The monoisotopic (exact) mass is 398 g/mol. The number of nitrogens with one attached hydrogen (secondary N) is 1. The van der Waals surface area contributed by atoms with Crippen molar-refractivity contribution < 1.29 is 17.6 Å². The number of carbonyl (C=O) groups is 1. The number of hydrogen-bond donors (Lipinski definition) is 1. The highest BCUT2D eigenvalue weighted by Crippen LogP contribution is 2.18. The second kappa shape index (κ2) is 9.07. The molecule has 3 rings (SSSR count). The first-order valence-corrected chi connectivity index (χ1v) is 9.79. The Labute approximate surface area is 162 Å². The molecule has 0 saturated heterocycles. The largest absolute Gasteiger partial charge is 0.468 e. The Morgan fingerprint density at radius 2 is 1.96 bits per heavy atom.